The van der Waals surface area contributed by atoms with Crippen LogP contribution in [0.4, 0.5) is 4.39 Å². The van der Waals surface area contributed by atoms with Crippen LogP contribution in [0.5, 0.6) is 5.75 Å². The lowest BCUT2D eigenvalue weighted by atomic mass is 9.87. The molecule has 33 heavy (non-hydrogen) atoms. The highest BCUT2D eigenvalue weighted by Crippen LogP contribution is 2.25. The lowest BCUT2D eigenvalue weighted by molar-refractivity contribution is -0.132. The molecule has 2 aliphatic rings. The largest absolute Gasteiger partial charge is 0.497 e. The van der Waals surface area contributed by atoms with Gasteiger partial charge in [0.2, 0.25) is 5.91 Å². The van der Waals surface area contributed by atoms with Crippen molar-refractivity contribution in [2.24, 2.45) is 11.8 Å². The van der Waals surface area contributed by atoms with Crippen LogP contribution in [-0.4, -0.2) is 55.2 Å². The van der Waals surface area contributed by atoms with Gasteiger partial charge in [-0.25, -0.2) is 4.39 Å². The molecule has 0 saturated carbocycles. The van der Waals surface area contributed by atoms with Crippen molar-refractivity contribution in [3.05, 3.63) is 78.7 Å². The Morgan fingerprint density at radius 2 is 2.21 bits per heavy atom. The molecule has 2 unspecified atom stereocenters. The summed E-state index contributed by atoms with van der Waals surface area (Å²) in [5.74, 6) is 0.569. The Morgan fingerprint density at radius 1 is 1.42 bits per heavy atom. The third-order valence-corrected chi connectivity index (χ3v) is 6.07. The average molecular weight is 456 g/mol. The summed E-state index contributed by atoms with van der Waals surface area (Å²) in [5.41, 5.74) is 1.45. The monoisotopic (exact) mass is 455 g/mol. The molecule has 178 valence electrons. The predicted octanol–water partition coefficient (Wildman–Crippen LogP) is 3.84. The van der Waals surface area contributed by atoms with E-state index >= 15 is 0 Å². The first-order chi connectivity index (χ1) is 15.8. The number of hydrogen-bond acceptors (Lipinski definition) is 5. The second-order valence-corrected chi connectivity index (χ2v) is 8.49. The van der Waals surface area contributed by atoms with E-state index < -0.39 is 0 Å². The molecule has 1 N–H and O–H groups in total. The zero-order chi connectivity index (χ0) is 24.0. The smallest absolute Gasteiger partial charge is 0.234 e. The molecule has 0 radical (unpaired) electrons. The number of halogens is 1. The number of carbonyl (C=O) groups excluding carboxylic acids is 1. The van der Waals surface area contributed by atoms with Crippen molar-refractivity contribution >= 4 is 5.91 Å². The third-order valence-electron chi connectivity index (χ3n) is 6.07. The van der Waals surface area contributed by atoms with E-state index in [1.54, 1.807) is 17.0 Å². The molecule has 1 amide bonds. The summed E-state index contributed by atoms with van der Waals surface area (Å²) in [4.78, 5) is 16.9. The van der Waals surface area contributed by atoms with Gasteiger partial charge in [-0.05, 0) is 43.2 Å². The summed E-state index contributed by atoms with van der Waals surface area (Å²) in [6.45, 7) is 14.6. The van der Waals surface area contributed by atoms with E-state index in [1.807, 2.05) is 32.1 Å². The molecular formula is C26H34FN3O3. The maximum absolute atomic E-state index is 14.3. The Hall–Kier alpha value is -3.06. The number of amides is 1. The zero-order valence-electron chi connectivity index (χ0n) is 19.7. The Morgan fingerprint density at radius 3 is 2.85 bits per heavy atom. The Bertz CT molecular complexity index is 943. The number of methoxy groups -OCH3 is 1. The molecule has 3 rings (SSSR count). The number of hydrogen-bond donors (Lipinski definition) is 1. The highest BCUT2D eigenvalue weighted by Gasteiger charge is 2.28. The fourth-order valence-electron chi connectivity index (χ4n) is 4.11. The fraction of sp³-hybridized carbons (Fsp3) is 0.423. The van der Waals surface area contributed by atoms with E-state index in [0.29, 0.717) is 30.9 Å². The number of nitrogens with zero attached hydrogens (tertiary/aromatic N) is 2. The summed E-state index contributed by atoms with van der Waals surface area (Å²) in [6, 6.07) is 4.76. The number of benzene rings is 1. The van der Waals surface area contributed by atoms with Crippen LogP contribution in [-0.2, 0) is 16.0 Å². The van der Waals surface area contributed by atoms with E-state index in [2.05, 4.69) is 23.4 Å². The molecule has 0 bridgehead atoms. The molecule has 1 aliphatic carbocycles. The van der Waals surface area contributed by atoms with Crippen molar-refractivity contribution in [3.63, 3.8) is 0 Å². The first kappa shape index (κ1) is 24.6. The van der Waals surface area contributed by atoms with Crippen LogP contribution in [0, 0.1) is 17.7 Å². The highest BCUT2D eigenvalue weighted by molar-refractivity contribution is 5.82. The van der Waals surface area contributed by atoms with Crippen LogP contribution >= 0.6 is 0 Å². The minimum Gasteiger partial charge on any atom is -0.497 e. The van der Waals surface area contributed by atoms with Crippen LogP contribution in [0.3, 0.4) is 0 Å². The predicted molar refractivity (Wildman–Crippen MR) is 128 cm³/mol. The van der Waals surface area contributed by atoms with Crippen molar-refractivity contribution < 1.29 is 18.7 Å². The van der Waals surface area contributed by atoms with Crippen LogP contribution in [0.15, 0.2) is 67.3 Å². The summed E-state index contributed by atoms with van der Waals surface area (Å²) in [6.07, 6.45) is 7.95. The maximum atomic E-state index is 14.3. The molecule has 1 aromatic carbocycles. The second-order valence-electron chi connectivity index (χ2n) is 8.49. The minimum absolute atomic E-state index is 0.0124. The van der Waals surface area contributed by atoms with E-state index in [0.717, 1.165) is 24.6 Å². The van der Waals surface area contributed by atoms with Crippen LogP contribution in [0.25, 0.3) is 0 Å². The Labute approximate surface area is 196 Å². The molecule has 1 fully saturated rings. The zero-order valence-corrected chi connectivity index (χ0v) is 19.7. The summed E-state index contributed by atoms with van der Waals surface area (Å²) >= 11 is 0. The molecule has 0 aromatic heterocycles. The van der Waals surface area contributed by atoms with Gasteiger partial charge in [0.05, 0.1) is 31.6 Å². The minimum atomic E-state index is -0.342. The summed E-state index contributed by atoms with van der Waals surface area (Å²) in [5, 5.41) is 3.36. The molecule has 1 aromatic rings. The quantitative estimate of drug-likeness (QED) is 0.613. The average Bonchev–Trinajstić information content (AvgIpc) is 2.80. The molecule has 1 saturated heterocycles. The van der Waals surface area contributed by atoms with Gasteiger partial charge in [0.25, 0.3) is 0 Å². The van der Waals surface area contributed by atoms with Gasteiger partial charge < -0.3 is 24.6 Å². The first-order valence-electron chi connectivity index (χ1n) is 11.3. The van der Waals surface area contributed by atoms with Crippen molar-refractivity contribution in [1.29, 1.82) is 0 Å². The van der Waals surface area contributed by atoms with Crippen molar-refractivity contribution in [3.8, 4) is 5.75 Å². The van der Waals surface area contributed by atoms with Crippen LogP contribution in [0.1, 0.15) is 19.4 Å². The molecule has 6 nitrogen and oxygen atoms in total. The highest BCUT2D eigenvalue weighted by atomic mass is 19.1. The number of morpholine rings is 1. The third kappa shape index (κ3) is 6.26. The fourth-order valence-corrected chi connectivity index (χ4v) is 4.11. The molecule has 1 aliphatic heterocycles. The van der Waals surface area contributed by atoms with E-state index in [9.17, 15) is 9.18 Å². The van der Waals surface area contributed by atoms with Gasteiger partial charge in [0.1, 0.15) is 11.6 Å². The van der Waals surface area contributed by atoms with Gasteiger partial charge in [0.15, 0.2) is 0 Å². The molecular weight excluding hydrogens is 421 g/mol. The lowest BCUT2D eigenvalue weighted by Crippen LogP contribution is -2.43. The van der Waals surface area contributed by atoms with Gasteiger partial charge >= 0.3 is 0 Å². The van der Waals surface area contributed by atoms with Crippen molar-refractivity contribution in [1.82, 2.24) is 15.1 Å². The molecule has 0 spiro atoms. The van der Waals surface area contributed by atoms with Gasteiger partial charge in [-0.2, -0.15) is 0 Å². The topological polar surface area (TPSA) is 54.0 Å². The Kier molecular flexibility index (Phi) is 8.33. The van der Waals surface area contributed by atoms with E-state index in [1.165, 1.54) is 19.4 Å². The van der Waals surface area contributed by atoms with Gasteiger partial charge in [-0.3, -0.25) is 4.79 Å². The maximum Gasteiger partial charge on any atom is 0.234 e. The molecule has 7 heteroatoms. The normalized spacial score (nSPS) is 22.4. The van der Waals surface area contributed by atoms with Crippen LogP contribution < -0.4 is 10.1 Å². The number of rotatable bonds is 9. The SMILES string of the molecule is C=CN(CCc1ccc(OC)cc1F)C(=O)C1C=CC(NC(=C)N2CCO[C@@H](C)C2)=CC1C. The number of nitrogens with one attached hydrogen (secondary N) is 1. The van der Waals surface area contributed by atoms with E-state index in [4.69, 9.17) is 9.47 Å². The summed E-state index contributed by atoms with van der Waals surface area (Å²) in [7, 11) is 1.50. The van der Waals surface area contributed by atoms with Crippen LogP contribution in [0.2, 0.25) is 0 Å². The molecule has 1 heterocycles. The van der Waals surface area contributed by atoms with Gasteiger partial charge in [-0.1, -0.05) is 38.3 Å². The number of allylic oxidation sites excluding steroid dienone is 2. The second kappa shape index (κ2) is 11.2. The standard InChI is InChI=1S/C26H34FN3O3/c1-6-29(12-11-21-7-9-23(32-5)16-25(21)27)26(31)24-10-8-22(15-18(24)2)28-20(4)30-13-14-33-19(3)17-30/h6-10,15-16,18-19,24,28H,1,4,11-14,17H2,2-3,5H3/t18?,19-,24?/m0/s1. The van der Waals surface area contributed by atoms with E-state index in [-0.39, 0.29) is 29.7 Å². The number of carbonyl (C=O) groups is 1. The number of ether oxygens (including phenoxy) is 2. The van der Waals surface area contributed by atoms with Crippen molar-refractivity contribution in [2.45, 2.75) is 26.4 Å². The van der Waals surface area contributed by atoms with Gasteiger partial charge in [0, 0.05) is 31.4 Å². The van der Waals surface area contributed by atoms with Gasteiger partial charge in [-0.15, -0.1) is 0 Å². The first-order valence-corrected chi connectivity index (χ1v) is 11.3. The van der Waals surface area contributed by atoms with Crippen molar-refractivity contribution in [2.75, 3.05) is 33.4 Å². The lowest BCUT2D eigenvalue weighted by Gasteiger charge is -2.35. The molecule has 3 atom stereocenters. The summed E-state index contributed by atoms with van der Waals surface area (Å²) < 4.78 is 24.9. The Balaban J connectivity index is 1.57.